The molecule has 0 saturated heterocycles. The molecule has 0 fully saturated rings. The van der Waals surface area contributed by atoms with Gasteiger partial charge in [-0.25, -0.2) is 0 Å². The van der Waals surface area contributed by atoms with Crippen LogP contribution >= 0.6 is 12.4 Å². The Hall–Kier alpha value is -1.26. The lowest BCUT2D eigenvalue weighted by Crippen LogP contribution is -2.39. The first-order chi connectivity index (χ1) is 10.6. The smallest absolute Gasteiger partial charge is 0.326 e. The predicted octanol–water partition coefficient (Wildman–Crippen LogP) is 4.61. The molecule has 1 aromatic carbocycles. The molecule has 4 nitrogen and oxygen atoms in total. The highest BCUT2D eigenvalue weighted by Gasteiger charge is 2.23. The lowest BCUT2D eigenvalue weighted by molar-refractivity contribution is -0.164. The summed E-state index contributed by atoms with van der Waals surface area (Å²) in [5, 5.41) is 0. The zero-order valence-corrected chi connectivity index (χ0v) is 16.6. The van der Waals surface area contributed by atoms with Gasteiger partial charge in [-0.1, -0.05) is 59.7 Å². The third-order valence-electron chi connectivity index (χ3n) is 3.88. The summed E-state index contributed by atoms with van der Waals surface area (Å²) in [6, 6.07) is 5.52. The summed E-state index contributed by atoms with van der Waals surface area (Å²) in [5.41, 5.74) is 8.06. The number of ether oxygens (including phenoxy) is 2. The molecule has 0 aromatic heterocycles. The summed E-state index contributed by atoms with van der Waals surface area (Å²) in [6.45, 7) is 14.0. The minimum Gasteiger partial charge on any atom is -0.454 e. The van der Waals surface area contributed by atoms with Gasteiger partial charge in [0.15, 0.2) is 0 Å². The second-order valence-corrected chi connectivity index (χ2v) is 6.97. The number of hydrogen-bond donors (Lipinski definition) is 1. The van der Waals surface area contributed by atoms with Crippen molar-refractivity contribution in [2.75, 3.05) is 0 Å². The van der Waals surface area contributed by atoms with Crippen molar-refractivity contribution in [2.45, 2.75) is 72.6 Å². The van der Waals surface area contributed by atoms with Gasteiger partial charge in [0.25, 0.3) is 0 Å². The van der Waals surface area contributed by atoms with E-state index in [-0.39, 0.29) is 18.3 Å². The number of esters is 1. The lowest BCUT2D eigenvalue weighted by atomic mass is 9.94. The van der Waals surface area contributed by atoms with Crippen molar-refractivity contribution in [2.24, 2.45) is 11.7 Å². The molecule has 0 aliphatic carbocycles. The molecule has 0 amide bonds. The van der Waals surface area contributed by atoms with Crippen molar-refractivity contribution in [3.8, 4) is 5.75 Å². The van der Waals surface area contributed by atoms with Crippen LogP contribution in [-0.4, -0.2) is 18.3 Å². The molecule has 5 heteroatoms. The van der Waals surface area contributed by atoms with Gasteiger partial charge >= 0.3 is 5.97 Å². The van der Waals surface area contributed by atoms with E-state index in [2.05, 4.69) is 39.8 Å². The van der Waals surface area contributed by atoms with E-state index in [4.69, 9.17) is 15.2 Å². The lowest BCUT2D eigenvalue weighted by Gasteiger charge is -2.24. The van der Waals surface area contributed by atoms with E-state index in [0.717, 1.165) is 16.9 Å². The molecule has 2 atom stereocenters. The van der Waals surface area contributed by atoms with Gasteiger partial charge in [0, 0.05) is 6.92 Å². The van der Waals surface area contributed by atoms with Crippen molar-refractivity contribution in [1.29, 1.82) is 0 Å². The third-order valence-corrected chi connectivity index (χ3v) is 3.88. The largest absolute Gasteiger partial charge is 0.454 e. The van der Waals surface area contributed by atoms with Crippen LogP contribution in [0.4, 0.5) is 0 Å². The first-order valence-electron chi connectivity index (χ1n) is 8.40. The fourth-order valence-corrected chi connectivity index (χ4v) is 2.32. The highest BCUT2D eigenvalue weighted by atomic mass is 35.5. The van der Waals surface area contributed by atoms with E-state index in [9.17, 15) is 4.79 Å². The first-order valence-corrected chi connectivity index (χ1v) is 8.40. The Morgan fingerprint density at radius 1 is 0.958 bits per heavy atom. The number of para-hydroxylation sites is 1. The van der Waals surface area contributed by atoms with Crippen molar-refractivity contribution >= 4 is 18.4 Å². The maximum absolute atomic E-state index is 12.0. The third kappa shape index (κ3) is 5.99. The average molecular weight is 358 g/mol. The maximum atomic E-state index is 12.0. The van der Waals surface area contributed by atoms with Crippen LogP contribution < -0.4 is 10.5 Å². The monoisotopic (exact) mass is 357 g/mol. The Morgan fingerprint density at radius 2 is 1.42 bits per heavy atom. The number of carbonyl (C=O) groups excluding carboxylic acids is 1. The van der Waals surface area contributed by atoms with E-state index < -0.39 is 18.3 Å². The minimum atomic E-state index is -0.676. The van der Waals surface area contributed by atoms with Crippen LogP contribution in [0.25, 0.3) is 0 Å². The molecule has 24 heavy (non-hydrogen) atoms. The molecule has 0 aliphatic heterocycles. The maximum Gasteiger partial charge on any atom is 0.326 e. The van der Waals surface area contributed by atoms with E-state index in [1.807, 2.05) is 19.9 Å². The average Bonchev–Trinajstić information content (AvgIpc) is 2.45. The van der Waals surface area contributed by atoms with Gasteiger partial charge in [-0.3, -0.25) is 4.79 Å². The topological polar surface area (TPSA) is 61.5 Å². The highest BCUT2D eigenvalue weighted by Crippen LogP contribution is 2.35. The van der Waals surface area contributed by atoms with Crippen molar-refractivity contribution in [3.63, 3.8) is 0 Å². The molecule has 1 aromatic rings. The van der Waals surface area contributed by atoms with Crippen molar-refractivity contribution in [3.05, 3.63) is 29.3 Å². The van der Waals surface area contributed by atoms with E-state index in [0.29, 0.717) is 11.8 Å². The zero-order chi connectivity index (χ0) is 17.7. The summed E-state index contributed by atoms with van der Waals surface area (Å²) in [6.07, 6.45) is -0.676. The summed E-state index contributed by atoms with van der Waals surface area (Å²) in [7, 11) is 0. The molecular weight excluding hydrogens is 326 g/mol. The van der Waals surface area contributed by atoms with Gasteiger partial charge in [0.1, 0.15) is 11.8 Å². The van der Waals surface area contributed by atoms with Gasteiger partial charge in [0.2, 0.25) is 6.29 Å². The number of halogens is 1. The number of nitrogens with two attached hydrogens (primary N) is 1. The standard InChI is InChI=1S/C19H31NO3.ClH/c1-11(2)15-9-8-10-16(12(3)4)18(15)22-14(7)23-19(21)17(20)13(5)6;/h8-14,17H,20H2,1-7H3;1H. The molecule has 0 aliphatic rings. The van der Waals surface area contributed by atoms with Crippen LogP contribution in [0.1, 0.15) is 71.4 Å². The summed E-state index contributed by atoms with van der Waals surface area (Å²) >= 11 is 0. The normalized spacial score (nSPS) is 13.6. The summed E-state index contributed by atoms with van der Waals surface area (Å²) < 4.78 is 11.4. The Balaban J connectivity index is 0.00000529. The van der Waals surface area contributed by atoms with Gasteiger partial charge < -0.3 is 15.2 Å². The number of rotatable bonds is 7. The molecule has 138 valence electrons. The van der Waals surface area contributed by atoms with Crippen LogP contribution in [0.5, 0.6) is 5.75 Å². The fraction of sp³-hybridized carbons (Fsp3) is 0.632. The first kappa shape index (κ1) is 22.7. The fourth-order valence-electron chi connectivity index (χ4n) is 2.32. The SMILES string of the molecule is CC(OC(=O)C(N)C(C)C)Oc1c(C(C)C)cccc1C(C)C.Cl. The molecule has 0 spiro atoms. The molecule has 2 unspecified atom stereocenters. The van der Waals surface area contributed by atoms with Crippen molar-refractivity contribution in [1.82, 2.24) is 0 Å². The Labute approximate surface area is 152 Å². The molecule has 0 heterocycles. The minimum absolute atomic E-state index is 0. The second kappa shape index (κ2) is 9.90. The van der Waals surface area contributed by atoms with Crippen molar-refractivity contribution < 1.29 is 14.3 Å². The van der Waals surface area contributed by atoms with Crippen LogP contribution in [0.2, 0.25) is 0 Å². The van der Waals surface area contributed by atoms with Crippen LogP contribution in [0.15, 0.2) is 18.2 Å². The summed E-state index contributed by atoms with van der Waals surface area (Å²) in [5.74, 6) is 1.06. The number of hydrogen-bond acceptors (Lipinski definition) is 4. The second-order valence-electron chi connectivity index (χ2n) is 6.97. The Kier molecular flexibility index (Phi) is 9.38. The number of benzene rings is 1. The van der Waals surface area contributed by atoms with Crippen LogP contribution in [0.3, 0.4) is 0 Å². The molecule has 0 bridgehead atoms. The van der Waals surface area contributed by atoms with E-state index in [1.54, 1.807) is 6.92 Å². The highest BCUT2D eigenvalue weighted by molar-refractivity contribution is 5.85. The Morgan fingerprint density at radius 3 is 1.79 bits per heavy atom. The quantitative estimate of drug-likeness (QED) is 0.572. The summed E-state index contributed by atoms with van der Waals surface area (Å²) in [4.78, 5) is 12.0. The van der Waals surface area contributed by atoms with Gasteiger partial charge in [-0.2, -0.15) is 0 Å². The molecule has 0 saturated carbocycles. The van der Waals surface area contributed by atoms with E-state index >= 15 is 0 Å². The molecular formula is C19H32ClNO3. The van der Waals surface area contributed by atoms with Crippen LogP contribution in [-0.2, 0) is 9.53 Å². The molecule has 0 radical (unpaired) electrons. The predicted molar refractivity (Wildman–Crippen MR) is 101 cm³/mol. The van der Waals surface area contributed by atoms with E-state index in [1.165, 1.54) is 0 Å². The van der Waals surface area contributed by atoms with Gasteiger partial charge in [-0.05, 0) is 28.9 Å². The zero-order valence-electron chi connectivity index (χ0n) is 15.8. The molecule has 1 rings (SSSR count). The van der Waals surface area contributed by atoms with Gasteiger partial charge in [0.05, 0.1) is 0 Å². The number of carbonyl (C=O) groups is 1. The Bertz CT molecular complexity index is 503. The van der Waals surface area contributed by atoms with Gasteiger partial charge in [-0.15, -0.1) is 12.4 Å². The molecule has 2 N–H and O–H groups in total. The van der Waals surface area contributed by atoms with Crippen LogP contribution in [0, 0.1) is 5.92 Å².